The van der Waals surface area contributed by atoms with Crippen molar-refractivity contribution in [2.45, 2.75) is 51.7 Å². The number of fused-ring (bicyclic) bond motifs is 1. The Balaban J connectivity index is 1.72. The number of phenols is 1. The Morgan fingerprint density at radius 2 is 1.96 bits per heavy atom. The largest absolute Gasteiger partial charge is 0.504 e. The molecule has 1 saturated heterocycles. The summed E-state index contributed by atoms with van der Waals surface area (Å²) >= 11 is 0. The summed E-state index contributed by atoms with van der Waals surface area (Å²) in [6.45, 7) is 6.54. The van der Waals surface area contributed by atoms with E-state index in [9.17, 15) is 14.7 Å². The minimum Gasteiger partial charge on any atom is -0.504 e. The van der Waals surface area contributed by atoms with Gasteiger partial charge in [-0.05, 0) is 32.8 Å². The number of likely N-dealkylation sites (tertiary alicyclic amines) is 1. The predicted molar refractivity (Wildman–Crippen MR) is 89.3 cm³/mol. The minimum atomic E-state index is -0.363. The van der Waals surface area contributed by atoms with E-state index in [1.807, 2.05) is 19.9 Å². The number of nitrogens with one attached hydrogen (secondary N) is 1. The SMILES string of the molecule is CC(=O)NC1CCN(C(=O)c2ccc3c(c2O)OC(C)(C)C3)CC1. The second kappa shape index (κ2) is 6.00. The van der Waals surface area contributed by atoms with E-state index in [1.54, 1.807) is 11.0 Å². The van der Waals surface area contributed by atoms with Gasteiger partial charge in [0.15, 0.2) is 11.5 Å². The van der Waals surface area contributed by atoms with E-state index in [2.05, 4.69) is 5.32 Å². The number of piperidine rings is 1. The van der Waals surface area contributed by atoms with Crippen molar-refractivity contribution >= 4 is 11.8 Å². The molecule has 2 amide bonds. The number of amides is 2. The summed E-state index contributed by atoms with van der Waals surface area (Å²) in [5.74, 6) is 0.131. The maximum Gasteiger partial charge on any atom is 0.257 e. The Morgan fingerprint density at radius 3 is 2.58 bits per heavy atom. The van der Waals surface area contributed by atoms with Gasteiger partial charge in [0.25, 0.3) is 5.91 Å². The van der Waals surface area contributed by atoms with Gasteiger partial charge in [0.1, 0.15) is 5.60 Å². The van der Waals surface area contributed by atoms with Gasteiger partial charge in [0, 0.05) is 38.0 Å². The van der Waals surface area contributed by atoms with Gasteiger partial charge < -0.3 is 20.1 Å². The van der Waals surface area contributed by atoms with Crippen molar-refractivity contribution in [3.8, 4) is 11.5 Å². The molecule has 2 N–H and O–H groups in total. The number of hydrogen-bond acceptors (Lipinski definition) is 4. The third kappa shape index (κ3) is 3.18. The van der Waals surface area contributed by atoms with Gasteiger partial charge in [-0.2, -0.15) is 0 Å². The fraction of sp³-hybridized carbons (Fsp3) is 0.556. The Bertz CT molecular complexity index is 676. The molecular weight excluding hydrogens is 308 g/mol. The highest BCUT2D eigenvalue weighted by Crippen LogP contribution is 2.43. The first-order valence-corrected chi connectivity index (χ1v) is 8.37. The molecule has 1 aromatic carbocycles. The van der Waals surface area contributed by atoms with Crippen LogP contribution in [0.15, 0.2) is 12.1 Å². The highest BCUT2D eigenvalue weighted by Gasteiger charge is 2.35. The van der Waals surface area contributed by atoms with E-state index < -0.39 is 0 Å². The molecule has 0 bridgehead atoms. The first-order chi connectivity index (χ1) is 11.3. The van der Waals surface area contributed by atoms with Crippen LogP contribution in [-0.2, 0) is 11.2 Å². The molecule has 2 aliphatic heterocycles. The zero-order valence-electron chi connectivity index (χ0n) is 14.4. The molecule has 0 saturated carbocycles. The molecule has 2 heterocycles. The van der Waals surface area contributed by atoms with Crippen molar-refractivity contribution < 1.29 is 19.4 Å². The predicted octanol–water partition coefficient (Wildman–Crippen LogP) is 1.85. The molecular formula is C18H24N2O4. The molecule has 0 aromatic heterocycles. The molecule has 2 aliphatic rings. The first kappa shape index (κ1) is 16.6. The standard InChI is InChI=1S/C18H24N2O4/c1-11(21)19-13-6-8-20(9-7-13)17(23)14-5-4-12-10-18(2,3)24-16(12)15(14)22/h4-5,13,22H,6-10H2,1-3H3,(H,19,21). The summed E-state index contributed by atoms with van der Waals surface area (Å²) < 4.78 is 5.80. The maximum absolute atomic E-state index is 12.7. The summed E-state index contributed by atoms with van der Waals surface area (Å²) in [6, 6.07) is 3.66. The molecule has 1 fully saturated rings. The number of phenolic OH excluding ortho intramolecular Hbond substituents is 1. The third-order valence-corrected chi connectivity index (χ3v) is 4.63. The van der Waals surface area contributed by atoms with Gasteiger partial charge in [0.05, 0.1) is 5.56 Å². The van der Waals surface area contributed by atoms with Gasteiger partial charge >= 0.3 is 0 Å². The van der Waals surface area contributed by atoms with Crippen LogP contribution in [0.2, 0.25) is 0 Å². The average Bonchev–Trinajstić information content (AvgIpc) is 2.82. The number of nitrogens with zero attached hydrogens (tertiary/aromatic N) is 1. The van der Waals surface area contributed by atoms with E-state index in [1.165, 1.54) is 6.92 Å². The molecule has 3 rings (SSSR count). The van der Waals surface area contributed by atoms with E-state index in [-0.39, 0.29) is 34.8 Å². The van der Waals surface area contributed by atoms with Crippen molar-refractivity contribution in [3.05, 3.63) is 23.3 Å². The summed E-state index contributed by atoms with van der Waals surface area (Å²) in [7, 11) is 0. The average molecular weight is 332 g/mol. The fourth-order valence-corrected chi connectivity index (χ4v) is 3.49. The van der Waals surface area contributed by atoms with E-state index in [0.29, 0.717) is 25.3 Å². The maximum atomic E-state index is 12.7. The van der Waals surface area contributed by atoms with Crippen LogP contribution < -0.4 is 10.1 Å². The van der Waals surface area contributed by atoms with Crippen LogP contribution in [0, 0.1) is 0 Å². The number of ether oxygens (including phenoxy) is 1. The third-order valence-electron chi connectivity index (χ3n) is 4.63. The monoisotopic (exact) mass is 332 g/mol. The number of aromatic hydroxyl groups is 1. The molecule has 0 spiro atoms. The highest BCUT2D eigenvalue weighted by molar-refractivity contribution is 5.98. The molecule has 0 aliphatic carbocycles. The van der Waals surface area contributed by atoms with Crippen molar-refractivity contribution in [2.75, 3.05) is 13.1 Å². The van der Waals surface area contributed by atoms with Crippen LogP contribution >= 0.6 is 0 Å². The Labute approximate surface area is 141 Å². The highest BCUT2D eigenvalue weighted by atomic mass is 16.5. The zero-order chi connectivity index (χ0) is 17.5. The molecule has 6 nitrogen and oxygen atoms in total. The van der Waals surface area contributed by atoms with Crippen LogP contribution in [0.1, 0.15) is 49.5 Å². The summed E-state index contributed by atoms with van der Waals surface area (Å²) in [4.78, 5) is 25.6. The Kier molecular flexibility index (Phi) is 4.15. The van der Waals surface area contributed by atoms with E-state index >= 15 is 0 Å². The van der Waals surface area contributed by atoms with Crippen molar-refractivity contribution in [2.24, 2.45) is 0 Å². The topological polar surface area (TPSA) is 78.9 Å². The van der Waals surface area contributed by atoms with Crippen molar-refractivity contribution in [1.82, 2.24) is 10.2 Å². The lowest BCUT2D eigenvalue weighted by Crippen LogP contribution is -2.46. The van der Waals surface area contributed by atoms with Crippen molar-refractivity contribution in [1.29, 1.82) is 0 Å². The molecule has 130 valence electrons. The van der Waals surface area contributed by atoms with Crippen LogP contribution in [0.25, 0.3) is 0 Å². The molecule has 0 unspecified atom stereocenters. The van der Waals surface area contributed by atoms with Crippen LogP contribution in [0.4, 0.5) is 0 Å². The summed E-state index contributed by atoms with van der Waals surface area (Å²) in [6.07, 6.45) is 2.16. The number of benzene rings is 1. The molecule has 1 aromatic rings. The summed E-state index contributed by atoms with van der Waals surface area (Å²) in [5, 5.41) is 13.4. The molecule has 6 heteroatoms. The number of rotatable bonds is 2. The quantitative estimate of drug-likeness (QED) is 0.866. The first-order valence-electron chi connectivity index (χ1n) is 8.37. The van der Waals surface area contributed by atoms with Gasteiger partial charge in [-0.1, -0.05) is 6.07 Å². The van der Waals surface area contributed by atoms with Crippen LogP contribution in [-0.4, -0.2) is 46.6 Å². The normalized spacial score (nSPS) is 19.5. The lowest BCUT2D eigenvalue weighted by atomic mass is 9.99. The Morgan fingerprint density at radius 1 is 1.29 bits per heavy atom. The zero-order valence-corrected chi connectivity index (χ0v) is 14.4. The van der Waals surface area contributed by atoms with Gasteiger partial charge in [0.2, 0.25) is 5.91 Å². The van der Waals surface area contributed by atoms with Crippen molar-refractivity contribution in [3.63, 3.8) is 0 Å². The Hall–Kier alpha value is -2.24. The smallest absolute Gasteiger partial charge is 0.257 e. The number of carbonyl (C=O) groups excluding carboxylic acids is 2. The lowest BCUT2D eigenvalue weighted by molar-refractivity contribution is -0.119. The van der Waals surface area contributed by atoms with Gasteiger partial charge in [-0.3, -0.25) is 9.59 Å². The second-order valence-electron chi connectivity index (χ2n) is 7.26. The molecule has 0 atom stereocenters. The fourth-order valence-electron chi connectivity index (χ4n) is 3.49. The van der Waals surface area contributed by atoms with Crippen LogP contribution in [0.3, 0.4) is 0 Å². The van der Waals surface area contributed by atoms with E-state index in [0.717, 1.165) is 18.4 Å². The second-order valence-corrected chi connectivity index (χ2v) is 7.26. The summed E-state index contributed by atoms with van der Waals surface area (Å²) in [5.41, 5.74) is 0.848. The molecule has 0 radical (unpaired) electrons. The number of carbonyl (C=O) groups is 2. The van der Waals surface area contributed by atoms with Gasteiger partial charge in [-0.25, -0.2) is 0 Å². The number of hydrogen-bond donors (Lipinski definition) is 2. The molecule has 24 heavy (non-hydrogen) atoms. The van der Waals surface area contributed by atoms with E-state index in [4.69, 9.17) is 4.74 Å². The lowest BCUT2D eigenvalue weighted by Gasteiger charge is -2.32. The minimum absolute atomic E-state index is 0.0455. The van der Waals surface area contributed by atoms with Crippen LogP contribution in [0.5, 0.6) is 11.5 Å². The van der Waals surface area contributed by atoms with Gasteiger partial charge in [-0.15, -0.1) is 0 Å².